The quantitative estimate of drug-likeness (QED) is 0.696. The van der Waals surface area contributed by atoms with Gasteiger partial charge < -0.3 is 4.98 Å². The number of nitrogens with one attached hydrogen (secondary N) is 1. The second-order valence-electron chi connectivity index (χ2n) is 5.75. The maximum Gasteiger partial charge on any atom is 0.209 e. The highest BCUT2D eigenvalue weighted by Gasteiger charge is 2.17. The van der Waals surface area contributed by atoms with Crippen LogP contribution in [0.15, 0.2) is 48.5 Å². The van der Waals surface area contributed by atoms with Crippen molar-refractivity contribution in [3.8, 4) is 0 Å². The Morgan fingerprint density at radius 3 is 2.62 bits per heavy atom. The Bertz CT molecular complexity index is 814. The summed E-state index contributed by atoms with van der Waals surface area (Å²) in [6.45, 7) is 0. The number of H-pyrrole nitrogens is 1. The molecule has 1 aliphatic rings. The van der Waals surface area contributed by atoms with Crippen LogP contribution in [0.1, 0.15) is 40.0 Å². The van der Waals surface area contributed by atoms with E-state index in [1.807, 2.05) is 36.4 Å². The van der Waals surface area contributed by atoms with Gasteiger partial charge in [-0.2, -0.15) is 0 Å². The number of aryl methyl sites for hydroxylation is 2. The van der Waals surface area contributed by atoms with Crippen molar-refractivity contribution in [1.82, 2.24) is 4.98 Å². The zero-order valence-electron chi connectivity index (χ0n) is 11.9. The van der Waals surface area contributed by atoms with Crippen LogP contribution < -0.4 is 0 Å². The molecule has 0 amide bonds. The van der Waals surface area contributed by atoms with Gasteiger partial charge in [0.05, 0.1) is 5.69 Å². The van der Waals surface area contributed by atoms with Crippen LogP contribution in [0.5, 0.6) is 0 Å². The summed E-state index contributed by atoms with van der Waals surface area (Å²) in [6.07, 6.45) is 4.82. The van der Waals surface area contributed by atoms with Crippen molar-refractivity contribution >= 4 is 16.7 Å². The number of aromatic nitrogens is 1. The molecule has 2 aromatic carbocycles. The lowest BCUT2D eigenvalue weighted by molar-refractivity contribution is 0.103. The molecule has 4 rings (SSSR count). The van der Waals surface area contributed by atoms with E-state index in [4.69, 9.17) is 0 Å². The van der Waals surface area contributed by atoms with E-state index in [1.165, 1.54) is 35.8 Å². The molecule has 1 N–H and O–H groups in total. The van der Waals surface area contributed by atoms with E-state index < -0.39 is 0 Å². The molecule has 3 aromatic rings. The van der Waals surface area contributed by atoms with Crippen molar-refractivity contribution in [3.63, 3.8) is 0 Å². The molecule has 1 aliphatic carbocycles. The number of hydrogen-bond acceptors (Lipinski definition) is 1. The molecule has 0 unspecified atom stereocenters. The van der Waals surface area contributed by atoms with E-state index in [9.17, 15) is 4.79 Å². The Morgan fingerprint density at radius 2 is 1.76 bits per heavy atom. The molecule has 0 radical (unpaired) electrons. The number of hydrogen-bond donors (Lipinski definition) is 1. The summed E-state index contributed by atoms with van der Waals surface area (Å²) in [7, 11) is 0. The molecule has 0 bridgehead atoms. The highest BCUT2D eigenvalue weighted by Crippen LogP contribution is 2.30. The van der Waals surface area contributed by atoms with Crippen molar-refractivity contribution < 1.29 is 4.79 Å². The summed E-state index contributed by atoms with van der Waals surface area (Å²) in [5.41, 5.74) is 5.39. The predicted molar refractivity (Wildman–Crippen MR) is 84.8 cm³/mol. The van der Waals surface area contributed by atoms with Crippen molar-refractivity contribution in [2.45, 2.75) is 25.7 Å². The first kappa shape index (κ1) is 12.4. The second kappa shape index (κ2) is 4.88. The minimum Gasteiger partial charge on any atom is -0.352 e. The summed E-state index contributed by atoms with van der Waals surface area (Å²) in [5, 5.41) is 1.23. The average Bonchev–Trinajstić information content (AvgIpc) is 2.99. The van der Waals surface area contributed by atoms with Crippen LogP contribution in [0.25, 0.3) is 10.9 Å². The van der Waals surface area contributed by atoms with Crippen LogP contribution in [0.2, 0.25) is 0 Å². The zero-order valence-corrected chi connectivity index (χ0v) is 11.9. The minimum absolute atomic E-state index is 0.0661. The fourth-order valence-corrected chi connectivity index (χ4v) is 3.32. The number of fused-ring (bicyclic) bond motifs is 3. The third-order valence-electron chi connectivity index (χ3n) is 4.42. The average molecular weight is 275 g/mol. The SMILES string of the molecule is O=C(c1ccccc1)c1cc2c3c(ccc2[nH]1)CCCC3. The van der Waals surface area contributed by atoms with E-state index in [0.717, 1.165) is 17.5 Å². The smallest absolute Gasteiger partial charge is 0.209 e. The number of aromatic amines is 1. The van der Waals surface area contributed by atoms with Crippen molar-refractivity contribution in [1.29, 1.82) is 0 Å². The first-order valence-electron chi connectivity index (χ1n) is 7.56. The van der Waals surface area contributed by atoms with Gasteiger partial charge in [-0.25, -0.2) is 0 Å². The minimum atomic E-state index is 0.0661. The van der Waals surface area contributed by atoms with Crippen LogP contribution in [0.4, 0.5) is 0 Å². The Hall–Kier alpha value is -2.35. The molecule has 0 atom stereocenters. The van der Waals surface area contributed by atoms with Crippen molar-refractivity contribution in [3.05, 3.63) is 70.9 Å². The largest absolute Gasteiger partial charge is 0.352 e. The van der Waals surface area contributed by atoms with E-state index >= 15 is 0 Å². The molecule has 1 aromatic heterocycles. The van der Waals surface area contributed by atoms with Gasteiger partial charge in [-0.3, -0.25) is 4.79 Å². The standard InChI is InChI=1S/C19H17NO/c21-19(14-7-2-1-3-8-14)18-12-16-15-9-5-4-6-13(15)10-11-17(16)20-18/h1-3,7-8,10-12,20H,4-6,9H2. The third-order valence-corrected chi connectivity index (χ3v) is 4.42. The maximum absolute atomic E-state index is 12.6. The summed E-state index contributed by atoms with van der Waals surface area (Å²) in [4.78, 5) is 15.8. The summed E-state index contributed by atoms with van der Waals surface area (Å²) in [5.74, 6) is 0.0661. The fourth-order valence-electron chi connectivity index (χ4n) is 3.32. The van der Waals surface area contributed by atoms with Crippen LogP contribution in [0.3, 0.4) is 0 Å². The fraction of sp³-hybridized carbons (Fsp3) is 0.211. The molecule has 2 nitrogen and oxygen atoms in total. The molecular formula is C19H17NO. The Kier molecular flexibility index (Phi) is 2.88. The van der Waals surface area contributed by atoms with Gasteiger partial charge in [-0.1, -0.05) is 36.4 Å². The molecule has 2 heteroatoms. The molecule has 0 fully saturated rings. The molecule has 104 valence electrons. The van der Waals surface area contributed by atoms with E-state index in [0.29, 0.717) is 5.69 Å². The molecule has 0 aliphatic heterocycles. The monoisotopic (exact) mass is 275 g/mol. The van der Waals surface area contributed by atoms with Crippen molar-refractivity contribution in [2.24, 2.45) is 0 Å². The van der Waals surface area contributed by atoms with Crippen LogP contribution in [-0.4, -0.2) is 10.8 Å². The third kappa shape index (κ3) is 2.07. The highest BCUT2D eigenvalue weighted by molar-refractivity contribution is 6.10. The van der Waals surface area contributed by atoms with Gasteiger partial charge in [0.25, 0.3) is 0 Å². The number of rotatable bonds is 2. The Labute approximate surface area is 123 Å². The zero-order chi connectivity index (χ0) is 14.2. The number of ketones is 1. The summed E-state index contributed by atoms with van der Waals surface area (Å²) in [6, 6.07) is 15.8. The molecular weight excluding hydrogens is 258 g/mol. The van der Waals surface area contributed by atoms with Crippen LogP contribution in [0, 0.1) is 0 Å². The Morgan fingerprint density at radius 1 is 0.952 bits per heavy atom. The van der Waals surface area contributed by atoms with Gasteiger partial charge in [0.2, 0.25) is 5.78 Å². The molecule has 0 spiro atoms. The maximum atomic E-state index is 12.6. The van der Waals surface area contributed by atoms with Gasteiger partial charge in [-0.05, 0) is 48.9 Å². The normalized spacial score (nSPS) is 14.1. The summed E-state index contributed by atoms with van der Waals surface area (Å²) >= 11 is 0. The number of benzene rings is 2. The lowest BCUT2D eigenvalue weighted by atomic mass is 9.89. The van der Waals surface area contributed by atoms with E-state index in [-0.39, 0.29) is 5.78 Å². The summed E-state index contributed by atoms with van der Waals surface area (Å²) < 4.78 is 0. The molecule has 0 saturated heterocycles. The lowest BCUT2D eigenvalue weighted by Gasteiger charge is -2.15. The lowest BCUT2D eigenvalue weighted by Crippen LogP contribution is -2.02. The van der Waals surface area contributed by atoms with Gasteiger partial charge >= 0.3 is 0 Å². The predicted octanol–water partition coefficient (Wildman–Crippen LogP) is 4.28. The van der Waals surface area contributed by atoms with Gasteiger partial charge in [0.1, 0.15) is 0 Å². The number of carbonyl (C=O) groups is 1. The van der Waals surface area contributed by atoms with E-state index in [2.05, 4.69) is 17.1 Å². The molecule has 21 heavy (non-hydrogen) atoms. The van der Waals surface area contributed by atoms with Gasteiger partial charge in [-0.15, -0.1) is 0 Å². The van der Waals surface area contributed by atoms with Gasteiger partial charge in [0, 0.05) is 16.5 Å². The Balaban J connectivity index is 1.82. The number of carbonyl (C=O) groups excluding carboxylic acids is 1. The molecule has 0 saturated carbocycles. The second-order valence-corrected chi connectivity index (χ2v) is 5.75. The first-order valence-corrected chi connectivity index (χ1v) is 7.56. The highest BCUT2D eigenvalue weighted by atomic mass is 16.1. The first-order chi connectivity index (χ1) is 10.3. The van der Waals surface area contributed by atoms with E-state index in [1.54, 1.807) is 0 Å². The van der Waals surface area contributed by atoms with Gasteiger partial charge in [0.15, 0.2) is 0 Å². The van der Waals surface area contributed by atoms with Crippen LogP contribution in [-0.2, 0) is 12.8 Å². The topological polar surface area (TPSA) is 32.9 Å². The molecule has 1 heterocycles. The van der Waals surface area contributed by atoms with Crippen molar-refractivity contribution in [2.75, 3.05) is 0 Å². The van der Waals surface area contributed by atoms with Crippen LogP contribution >= 0.6 is 0 Å².